The second-order valence-corrected chi connectivity index (χ2v) is 7.48. The zero-order valence-corrected chi connectivity index (χ0v) is 17.8. The number of rotatable bonds is 7. The predicted octanol–water partition coefficient (Wildman–Crippen LogP) is 2.03. The van der Waals surface area contributed by atoms with Crippen molar-refractivity contribution in [1.82, 2.24) is 15.5 Å². The Labute approximate surface area is 186 Å². The van der Waals surface area contributed by atoms with Gasteiger partial charge in [-0.05, 0) is 23.8 Å². The second-order valence-electron chi connectivity index (χ2n) is 7.04. The van der Waals surface area contributed by atoms with Gasteiger partial charge in [0.25, 0.3) is 0 Å². The lowest BCUT2D eigenvalue weighted by molar-refractivity contribution is -0.132. The number of hydrogen-bond acceptors (Lipinski definition) is 5. The van der Waals surface area contributed by atoms with Crippen LogP contribution in [0.1, 0.15) is 5.56 Å². The normalized spacial score (nSPS) is 13.5. The molecule has 0 aliphatic carbocycles. The Balaban J connectivity index is 1.31. The highest BCUT2D eigenvalue weighted by Gasteiger charge is 2.21. The molecule has 2 N–H and O–H groups in total. The summed E-state index contributed by atoms with van der Waals surface area (Å²) in [6.45, 7) is 2.24. The molecule has 0 unspecified atom stereocenters. The van der Waals surface area contributed by atoms with Gasteiger partial charge in [0.1, 0.15) is 13.2 Å². The molecule has 3 amide bonds. The van der Waals surface area contributed by atoms with E-state index in [4.69, 9.17) is 16.3 Å². The number of nitrogens with zero attached hydrogens (tertiary/aromatic N) is 2. The lowest BCUT2D eigenvalue weighted by Gasteiger charge is -2.36. The molecule has 0 radical (unpaired) electrons. The van der Waals surface area contributed by atoms with Gasteiger partial charge in [-0.1, -0.05) is 48.0 Å². The van der Waals surface area contributed by atoms with Gasteiger partial charge >= 0.3 is 6.09 Å². The summed E-state index contributed by atoms with van der Waals surface area (Å²) in [5.41, 5.74) is 1.88. The van der Waals surface area contributed by atoms with Crippen LogP contribution in [0.4, 0.5) is 10.5 Å². The summed E-state index contributed by atoms with van der Waals surface area (Å²) in [5, 5.41) is 5.57. The maximum atomic E-state index is 12.4. The molecule has 0 saturated carbocycles. The number of hydrogen-bond donors (Lipinski definition) is 2. The molecule has 1 aliphatic rings. The largest absolute Gasteiger partial charge is 0.445 e. The fraction of sp³-hybridized carbons (Fsp3) is 0.318. The van der Waals surface area contributed by atoms with Crippen LogP contribution in [0.2, 0.25) is 5.02 Å². The first kappa shape index (κ1) is 22.4. The zero-order chi connectivity index (χ0) is 22.1. The number of nitrogens with one attached hydrogen (secondary N) is 2. The molecule has 0 bridgehead atoms. The van der Waals surface area contributed by atoms with E-state index in [0.717, 1.165) is 11.3 Å². The monoisotopic (exact) mass is 444 g/mol. The van der Waals surface area contributed by atoms with Crippen molar-refractivity contribution in [2.75, 3.05) is 44.2 Å². The van der Waals surface area contributed by atoms with Crippen LogP contribution in [-0.4, -0.2) is 62.1 Å². The van der Waals surface area contributed by atoms with Crippen molar-refractivity contribution in [2.24, 2.45) is 0 Å². The van der Waals surface area contributed by atoms with Crippen molar-refractivity contribution in [3.05, 3.63) is 65.2 Å². The molecule has 2 aromatic carbocycles. The molecule has 1 aliphatic heterocycles. The highest BCUT2D eigenvalue weighted by Crippen LogP contribution is 2.20. The van der Waals surface area contributed by atoms with E-state index in [0.29, 0.717) is 31.2 Å². The minimum Gasteiger partial charge on any atom is -0.445 e. The molecule has 9 heteroatoms. The summed E-state index contributed by atoms with van der Waals surface area (Å²) in [4.78, 5) is 39.8. The van der Waals surface area contributed by atoms with Crippen LogP contribution in [0.15, 0.2) is 54.6 Å². The van der Waals surface area contributed by atoms with Gasteiger partial charge in [0.2, 0.25) is 11.8 Å². The minimum absolute atomic E-state index is 0.114. The third-order valence-corrected chi connectivity index (χ3v) is 5.08. The predicted molar refractivity (Wildman–Crippen MR) is 118 cm³/mol. The van der Waals surface area contributed by atoms with Crippen LogP contribution in [0, 0.1) is 0 Å². The molecule has 8 nitrogen and oxygen atoms in total. The quantitative estimate of drug-likeness (QED) is 0.682. The maximum absolute atomic E-state index is 12.4. The Morgan fingerprint density at radius 3 is 2.35 bits per heavy atom. The van der Waals surface area contributed by atoms with Crippen LogP contribution in [-0.2, 0) is 20.9 Å². The molecule has 1 fully saturated rings. The first-order valence-corrected chi connectivity index (χ1v) is 10.4. The maximum Gasteiger partial charge on any atom is 0.407 e. The van der Waals surface area contributed by atoms with E-state index in [1.165, 1.54) is 0 Å². The minimum atomic E-state index is -0.692. The molecule has 0 atom stereocenters. The highest BCUT2D eigenvalue weighted by molar-refractivity contribution is 6.30. The number of anilines is 1. The molecular weight excluding hydrogens is 420 g/mol. The average Bonchev–Trinajstić information content (AvgIpc) is 2.80. The summed E-state index contributed by atoms with van der Waals surface area (Å²) < 4.78 is 5.04. The Morgan fingerprint density at radius 1 is 0.903 bits per heavy atom. The molecule has 0 spiro atoms. The van der Waals surface area contributed by atoms with E-state index in [1.807, 2.05) is 54.6 Å². The number of ether oxygens (including phenoxy) is 1. The van der Waals surface area contributed by atoms with Crippen LogP contribution in [0.3, 0.4) is 0 Å². The molecule has 1 saturated heterocycles. The fourth-order valence-electron chi connectivity index (χ4n) is 3.16. The van der Waals surface area contributed by atoms with Crippen molar-refractivity contribution < 1.29 is 19.1 Å². The van der Waals surface area contributed by atoms with Crippen molar-refractivity contribution in [2.45, 2.75) is 6.61 Å². The summed E-state index contributed by atoms with van der Waals surface area (Å²) in [7, 11) is 0. The Bertz CT molecular complexity index is 901. The zero-order valence-electron chi connectivity index (χ0n) is 17.1. The van der Waals surface area contributed by atoms with Crippen molar-refractivity contribution >= 4 is 35.2 Å². The lowest BCUT2D eigenvalue weighted by atomic mass is 10.2. The van der Waals surface area contributed by atoms with Crippen molar-refractivity contribution in [3.8, 4) is 0 Å². The standard InChI is InChI=1S/C22H25ClN4O4/c23-18-7-4-8-19(13-18)26-9-11-27(12-10-26)21(29)15-24-20(28)14-25-22(30)31-16-17-5-2-1-3-6-17/h1-8,13H,9-12,14-16H2,(H,24,28)(H,25,30). The molecule has 31 heavy (non-hydrogen) atoms. The number of amides is 3. The molecule has 2 aromatic rings. The third kappa shape index (κ3) is 7.18. The Hall–Kier alpha value is -3.26. The van der Waals surface area contributed by atoms with Crippen molar-refractivity contribution in [3.63, 3.8) is 0 Å². The second kappa shape index (κ2) is 11.2. The van der Waals surface area contributed by atoms with Crippen LogP contribution < -0.4 is 15.5 Å². The molecule has 3 rings (SSSR count). The van der Waals surface area contributed by atoms with Gasteiger partial charge in [-0.3, -0.25) is 9.59 Å². The summed E-state index contributed by atoms with van der Waals surface area (Å²) >= 11 is 6.04. The van der Waals surface area contributed by atoms with Crippen LogP contribution in [0.5, 0.6) is 0 Å². The Kier molecular flexibility index (Phi) is 8.12. The molecular formula is C22H25ClN4O4. The smallest absolute Gasteiger partial charge is 0.407 e. The van der Waals surface area contributed by atoms with E-state index in [1.54, 1.807) is 4.90 Å². The number of benzene rings is 2. The van der Waals surface area contributed by atoms with Gasteiger partial charge in [0.15, 0.2) is 0 Å². The van der Waals surface area contributed by atoms with E-state index in [9.17, 15) is 14.4 Å². The highest BCUT2D eigenvalue weighted by atomic mass is 35.5. The van der Waals surface area contributed by atoms with Gasteiger partial charge in [0, 0.05) is 36.9 Å². The topological polar surface area (TPSA) is 91.0 Å². The van der Waals surface area contributed by atoms with Gasteiger partial charge in [-0.15, -0.1) is 0 Å². The average molecular weight is 445 g/mol. The third-order valence-electron chi connectivity index (χ3n) is 4.85. The van der Waals surface area contributed by atoms with Gasteiger partial charge in [-0.2, -0.15) is 0 Å². The molecule has 0 aromatic heterocycles. The Morgan fingerprint density at radius 2 is 1.65 bits per heavy atom. The number of carbonyl (C=O) groups is 3. The summed E-state index contributed by atoms with van der Waals surface area (Å²) in [6, 6.07) is 16.8. The number of alkyl carbamates (subject to hydrolysis) is 1. The molecule has 164 valence electrons. The number of carbonyl (C=O) groups excluding carboxylic acids is 3. The SMILES string of the molecule is O=C(CNC(=O)OCc1ccccc1)NCC(=O)N1CCN(c2cccc(Cl)c2)CC1. The van der Waals surface area contributed by atoms with Gasteiger partial charge in [0.05, 0.1) is 6.54 Å². The number of piperazine rings is 1. The van der Waals surface area contributed by atoms with E-state index < -0.39 is 12.0 Å². The van der Waals surface area contributed by atoms with Gasteiger partial charge < -0.3 is 25.2 Å². The molecule has 1 heterocycles. The lowest BCUT2D eigenvalue weighted by Crippen LogP contribution is -2.51. The first-order chi connectivity index (χ1) is 15.0. The first-order valence-electron chi connectivity index (χ1n) is 10.0. The van der Waals surface area contributed by atoms with Crippen LogP contribution >= 0.6 is 11.6 Å². The van der Waals surface area contributed by atoms with E-state index in [2.05, 4.69) is 15.5 Å². The summed E-state index contributed by atoms with van der Waals surface area (Å²) in [5.74, 6) is -0.617. The van der Waals surface area contributed by atoms with Crippen LogP contribution in [0.25, 0.3) is 0 Å². The fourth-order valence-corrected chi connectivity index (χ4v) is 3.35. The van der Waals surface area contributed by atoms with E-state index >= 15 is 0 Å². The van der Waals surface area contributed by atoms with E-state index in [-0.39, 0.29) is 25.6 Å². The summed E-state index contributed by atoms with van der Waals surface area (Å²) in [6.07, 6.45) is -0.692. The van der Waals surface area contributed by atoms with Crippen molar-refractivity contribution in [1.29, 1.82) is 0 Å². The number of halogens is 1. The van der Waals surface area contributed by atoms with Gasteiger partial charge in [-0.25, -0.2) is 4.79 Å².